The molecule has 0 aliphatic carbocycles. The van der Waals surface area contributed by atoms with Gasteiger partial charge in [0.1, 0.15) is 11.4 Å². The number of amides is 1. The Labute approximate surface area is 159 Å². The van der Waals surface area contributed by atoms with E-state index in [1.54, 1.807) is 45.0 Å². The molecule has 0 fully saturated rings. The van der Waals surface area contributed by atoms with Crippen molar-refractivity contribution in [2.24, 2.45) is 5.73 Å². The zero-order valence-electron chi connectivity index (χ0n) is 14.6. The molecule has 1 amide bonds. The van der Waals surface area contributed by atoms with Crippen LogP contribution in [0.2, 0.25) is 5.02 Å². The molecular weight excluding hydrogens is 375 g/mol. The summed E-state index contributed by atoms with van der Waals surface area (Å²) in [7, 11) is 0. The number of halogens is 2. The van der Waals surface area contributed by atoms with Crippen LogP contribution in [0, 0.1) is 12.7 Å². The number of carbonyl (C=O) groups excluding carboxylic acids is 1. The minimum absolute atomic E-state index is 0.315. The van der Waals surface area contributed by atoms with Gasteiger partial charge in [-0.2, -0.15) is 0 Å². The van der Waals surface area contributed by atoms with Crippen molar-refractivity contribution in [3.05, 3.63) is 51.7 Å². The van der Waals surface area contributed by atoms with Crippen LogP contribution < -0.4 is 5.73 Å². The van der Waals surface area contributed by atoms with Crippen molar-refractivity contribution in [2.45, 2.75) is 32.8 Å². The second-order valence-electron chi connectivity index (χ2n) is 6.70. The van der Waals surface area contributed by atoms with Crippen LogP contribution in [-0.2, 0) is 11.2 Å². The maximum Gasteiger partial charge on any atom is 0.405 e. The van der Waals surface area contributed by atoms with Gasteiger partial charge in [0.25, 0.3) is 0 Å². The van der Waals surface area contributed by atoms with Crippen LogP contribution in [0.3, 0.4) is 0 Å². The van der Waals surface area contributed by atoms with E-state index in [0.29, 0.717) is 33.7 Å². The number of hydrogen-bond donors (Lipinski definition) is 1. The van der Waals surface area contributed by atoms with E-state index in [2.05, 4.69) is 4.98 Å². The Kier molecular flexibility index (Phi) is 4.90. The van der Waals surface area contributed by atoms with E-state index in [9.17, 15) is 9.18 Å². The largest absolute Gasteiger partial charge is 0.443 e. The number of aryl methyl sites for hydroxylation is 1. The number of carbonyl (C=O) groups is 1. The fraction of sp³-hybridized carbons (Fsp3) is 0.263. The standard InChI is InChI=1S/C19H18ClFN2O2S/c1-10-7-13-17(15(16(10)21)11-5-4-6-12(20)8-11)23-14(26-13)9-19(2,3)25-18(22)24/h4-8H,9H2,1-3H3,(H2,22,24). The molecule has 136 valence electrons. The maximum absolute atomic E-state index is 14.9. The van der Waals surface area contributed by atoms with E-state index >= 15 is 0 Å². The van der Waals surface area contributed by atoms with Gasteiger partial charge in [-0.05, 0) is 50.1 Å². The molecular formula is C19H18ClFN2O2S. The lowest BCUT2D eigenvalue weighted by molar-refractivity contribution is 0.0460. The Balaban J connectivity index is 2.12. The molecule has 3 aromatic rings. The molecule has 2 aromatic carbocycles. The second kappa shape index (κ2) is 6.85. The summed E-state index contributed by atoms with van der Waals surface area (Å²) < 4.78 is 20.9. The number of fused-ring (bicyclic) bond motifs is 1. The highest BCUT2D eigenvalue weighted by Gasteiger charge is 2.25. The van der Waals surface area contributed by atoms with Gasteiger partial charge in [-0.1, -0.05) is 23.7 Å². The van der Waals surface area contributed by atoms with Crippen LogP contribution in [0.4, 0.5) is 9.18 Å². The van der Waals surface area contributed by atoms with Crippen molar-refractivity contribution in [3.8, 4) is 11.1 Å². The van der Waals surface area contributed by atoms with Crippen LogP contribution in [0.5, 0.6) is 0 Å². The van der Waals surface area contributed by atoms with Crippen LogP contribution >= 0.6 is 22.9 Å². The van der Waals surface area contributed by atoms with Crippen LogP contribution in [-0.4, -0.2) is 16.7 Å². The van der Waals surface area contributed by atoms with E-state index in [1.807, 2.05) is 6.07 Å². The molecule has 0 spiro atoms. The van der Waals surface area contributed by atoms with Crippen molar-refractivity contribution in [2.75, 3.05) is 0 Å². The summed E-state index contributed by atoms with van der Waals surface area (Å²) in [6, 6.07) is 8.83. The number of rotatable bonds is 4. The van der Waals surface area contributed by atoms with E-state index < -0.39 is 11.7 Å². The number of nitrogens with zero attached hydrogens (tertiary/aromatic N) is 1. The number of hydrogen-bond acceptors (Lipinski definition) is 4. The number of ether oxygens (including phenoxy) is 1. The molecule has 0 radical (unpaired) electrons. The predicted molar refractivity (Wildman–Crippen MR) is 103 cm³/mol. The molecule has 3 rings (SSSR count). The summed E-state index contributed by atoms with van der Waals surface area (Å²) in [6.45, 7) is 5.24. The summed E-state index contributed by atoms with van der Waals surface area (Å²) in [6.07, 6.45) is -0.456. The lowest BCUT2D eigenvalue weighted by Gasteiger charge is -2.22. The lowest BCUT2D eigenvalue weighted by atomic mass is 10.0. The number of primary amides is 1. The molecule has 2 N–H and O–H groups in total. The smallest absolute Gasteiger partial charge is 0.405 e. The van der Waals surface area contributed by atoms with E-state index in [4.69, 9.17) is 22.1 Å². The van der Waals surface area contributed by atoms with E-state index in [-0.39, 0.29) is 5.82 Å². The Morgan fingerprint density at radius 2 is 2.12 bits per heavy atom. The molecule has 0 bridgehead atoms. The molecule has 7 heteroatoms. The summed E-state index contributed by atoms with van der Waals surface area (Å²) in [5, 5.41) is 1.27. The molecule has 0 saturated heterocycles. The molecule has 0 atom stereocenters. The van der Waals surface area contributed by atoms with Gasteiger partial charge in [-0.3, -0.25) is 0 Å². The average Bonchev–Trinajstić information content (AvgIpc) is 2.87. The second-order valence-corrected chi connectivity index (χ2v) is 8.26. The van der Waals surface area contributed by atoms with Gasteiger partial charge in [0, 0.05) is 17.0 Å². The first-order valence-corrected chi connectivity index (χ1v) is 9.18. The summed E-state index contributed by atoms with van der Waals surface area (Å²) in [5.41, 5.74) is 6.53. The monoisotopic (exact) mass is 392 g/mol. The van der Waals surface area contributed by atoms with Gasteiger partial charge >= 0.3 is 6.09 Å². The first-order valence-electron chi connectivity index (χ1n) is 7.99. The highest BCUT2D eigenvalue weighted by molar-refractivity contribution is 7.18. The highest BCUT2D eigenvalue weighted by atomic mass is 35.5. The van der Waals surface area contributed by atoms with E-state index in [0.717, 1.165) is 9.71 Å². The van der Waals surface area contributed by atoms with Crippen molar-refractivity contribution in [1.82, 2.24) is 4.98 Å². The molecule has 0 aliphatic rings. The minimum atomic E-state index is -0.836. The molecule has 26 heavy (non-hydrogen) atoms. The quantitative estimate of drug-likeness (QED) is 0.639. The number of nitrogens with two attached hydrogens (primary N) is 1. The summed E-state index contributed by atoms with van der Waals surface area (Å²) >= 11 is 7.52. The predicted octanol–water partition coefficient (Wildman–Crippen LogP) is 5.48. The van der Waals surface area contributed by atoms with Gasteiger partial charge in [0.2, 0.25) is 0 Å². The Morgan fingerprint density at radius 1 is 1.38 bits per heavy atom. The van der Waals surface area contributed by atoms with Gasteiger partial charge in [0.15, 0.2) is 0 Å². The Bertz CT molecular complexity index is 1000. The first kappa shape index (κ1) is 18.6. The van der Waals surface area contributed by atoms with Crippen LogP contribution in [0.15, 0.2) is 30.3 Å². The third-order valence-corrected chi connectivity index (χ3v) is 5.15. The number of thiazole rings is 1. The minimum Gasteiger partial charge on any atom is -0.443 e. The van der Waals surface area contributed by atoms with Crippen molar-refractivity contribution < 1.29 is 13.9 Å². The summed E-state index contributed by atoms with van der Waals surface area (Å²) in [5.74, 6) is -0.315. The van der Waals surface area contributed by atoms with Gasteiger partial charge in [-0.25, -0.2) is 14.2 Å². The van der Waals surface area contributed by atoms with Crippen molar-refractivity contribution in [3.63, 3.8) is 0 Å². The zero-order chi connectivity index (χ0) is 19.1. The molecule has 4 nitrogen and oxygen atoms in total. The first-order chi connectivity index (χ1) is 12.2. The normalized spacial score (nSPS) is 11.7. The average molecular weight is 393 g/mol. The van der Waals surface area contributed by atoms with Crippen LogP contribution in [0.1, 0.15) is 24.4 Å². The summed E-state index contributed by atoms with van der Waals surface area (Å²) in [4.78, 5) is 15.7. The van der Waals surface area contributed by atoms with Gasteiger partial charge in [0.05, 0.1) is 15.2 Å². The Hall–Kier alpha value is -2.18. The van der Waals surface area contributed by atoms with Crippen LogP contribution in [0.25, 0.3) is 21.3 Å². The maximum atomic E-state index is 14.9. The number of benzene rings is 2. The van der Waals surface area contributed by atoms with E-state index in [1.165, 1.54) is 11.3 Å². The van der Waals surface area contributed by atoms with Gasteiger partial charge in [-0.15, -0.1) is 11.3 Å². The third-order valence-electron chi connectivity index (χ3n) is 3.91. The Morgan fingerprint density at radius 3 is 2.77 bits per heavy atom. The molecule has 0 aliphatic heterocycles. The fourth-order valence-corrected chi connectivity index (χ4v) is 4.35. The fourth-order valence-electron chi connectivity index (χ4n) is 2.87. The zero-order valence-corrected chi connectivity index (χ0v) is 16.2. The molecule has 0 unspecified atom stereocenters. The van der Waals surface area contributed by atoms with Crippen molar-refractivity contribution in [1.29, 1.82) is 0 Å². The highest BCUT2D eigenvalue weighted by Crippen LogP contribution is 2.37. The third kappa shape index (κ3) is 3.81. The molecule has 1 heterocycles. The van der Waals surface area contributed by atoms with Crippen molar-refractivity contribution >= 4 is 39.2 Å². The lowest BCUT2D eigenvalue weighted by Crippen LogP contribution is -2.33. The number of aromatic nitrogens is 1. The van der Waals surface area contributed by atoms with Gasteiger partial charge < -0.3 is 10.5 Å². The SMILES string of the molecule is Cc1cc2sc(CC(C)(C)OC(N)=O)nc2c(-c2cccc(Cl)c2)c1F. The molecule has 1 aromatic heterocycles. The topological polar surface area (TPSA) is 65.2 Å². The molecule has 0 saturated carbocycles.